The van der Waals surface area contributed by atoms with Crippen LogP contribution in [0.25, 0.3) is 0 Å². The molecule has 4 heteroatoms. The molecule has 1 N–H and O–H groups in total. The first-order valence-electron chi connectivity index (χ1n) is 6.88. The molecule has 0 bridgehead atoms. The molecule has 20 heavy (non-hydrogen) atoms. The minimum atomic E-state index is -0.0194. The van der Waals surface area contributed by atoms with Gasteiger partial charge in [0.25, 0.3) is 0 Å². The van der Waals surface area contributed by atoms with Crippen LogP contribution in [0.15, 0.2) is 47.1 Å². The maximum atomic E-state index is 11.2. The number of fused-ring (bicyclic) bond motifs is 1. The number of nitrogens with one attached hydrogen (secondary N) is 1. The highest BCUT2D eigenvalue weighted by Gasteiger charge is 2.28. The Morgan fingerprint density at radius 2 is 2.20 bits per heavy atom. The third kappa shape index (κ3) is 2.41. The molecule has 1 atom stereocenters. The van der Waals surface area contributed by atoms with Gasteiger partial charge in [-0.15, -0.1) is 0 Å². The van der Waals surface area contributed by atoms with E-state index in [2.05, 4.69) is 34.5 Å². The summed E-state index contributed by atoms with van der Waals surface area (Å²) in [5, 5.41) is 2.90. The summed E-state index contributed by atoms with van der Waals surface area (Å²) < 4.78 is 5.56. The summed E-state index contributed by atoms with van der Waals surface area (Å²) in [4.78, 5) is 13.5. The van der Waals surface area contributed by atoms with Crippen LogP contribution >= 0.6 is 0 Å². The van der Waals surface area contributed by atoms with Gasteiger partial charge in [0, 0.05) is 25.7 Å². The fourth-order valence-electron chi connectivity index (χ4n) is 2.77. The molecular formula is C16H18N2O2. The van der Waals surface area contributed by atoms with E-state index in [0.29, 0.717) is 6.54 Å². The molecule has 4 nitrogen and oxygen atoms in total. The molecule has 0 saturated carbocycles. The first-order valence-corrected chi connectivity index (χ1v) is 6.88. The number of para-hydroxylation sites is 1. The van der Waals surface area contributed by atoms with Crippen LogP contribution in [-0.2, 0) is 11.2 Å². The minimum absolute atomic E-state index is 0.0194. The van der Waals surface area contributed by atoms with Crippen LogP contribution < -0.4 is 10.2 Å². The Balaban J connectivity index is 1.88. The van der Waals surface area contributed by atoms with Crippen LogP contribution in [0.5, 0.6) is 0 Å². The van der Waals surface area contributed by atoms with Crippen molar-refractivity contribution >= 4 is 11.6 Å². The molecule has 0 aliphatic carbocycles. The molecule has 1 aromatic carbocycles. The fraction of sp³-hybridized carbons (Fsp3) is 0.312. The second-order valence-corrected chi connectivity index (χ2v) is 5.04. The molecule has 1 aromatic heterocycles. The summed E-state index contributed by atoms with van der Waals surface area (Å²) in [7, 11) is 0. The lowest BCUT2D eigenvalue weighted by Crippen LogP contribution is -2.36. The molecule has 0 saturated heterocycles. The SMILES string of the molecule is CC(=O)NCC(c1ccco1)N1CCc2ccccc21. The monoisotopic (exact) mass is 270 g/mol. The Morgan fingerprint density at radius 3 is 2.95 bits per heavy atom. The Hall–Kier alpha value is -2.23. The summed E-state index contributed by atoms with van der Waals surface area (Å²) >= 11 is 0. The van der Waals surface area contributed by atoms with Crippen molar-refractivity contribution in [1.82, 2.24) is 5.32 Å². The second kappa shape index (κ2) is 5.41. The summed E-state index contributed by atoms with van der Waals surface area (Å²) in [6.07, 6.45) is 2.71. The zero-order valence-corrected chi connectivity index (χ0v) is 11.5. The number of hydrogen-bond donors (Lipinski definition) is 1. The average Bonchev–Trinajstić information content (AvgIpc) is 3.09. The predicted molar refractivity (Wildman–Crippen MR) is 77.6 cm³/mol. The number of anilines is 1. The van der Waals surface area contributed by atoms with Crippen LogP contribution in [0.2, 0.25) is 0 Å². The number of carbonyl (C=O) groups is 1. The van der Waals surface area contributed by atoms with E-state index >= 15 is 0 Å². The van der Waals surface area contributed by atoms with Crippen molar-refractivity contribution in [2.24, 2.45) is 0 Å². The van der Waals surface area contributed by atoms with Crippen molar-refractivity contribution in [3.05, 3.63) is 54.0 Å². The van der Waals surface area contributed by atoms with Gasteiger partial charge in [-0.05, 0) is 30.2 Å². The topological polar surface area (TPSA) is 45.5 Å². The van der Waals surface area contributed by atoms with E-state index in [1.165, 1.54) is 18.2 Å². The van der Waals surface area contributed by atoms with E-state index in [-0.39, 0.29) is 11.9 Å². The maximum Gasteiger partial charge on any atom is 0.216 e. The van der Waals surface area contributed by atoms with E-state index in [0.717, 1.165) is 18.7 Å². The highest BCUT2D eigenvalue weighted by atomic mass is 16.3. The van der Waals surface area contributed by atoms with Gasteiger partial charge in [0.15, 0.2) is 0 Å². The molecule has 0 spiro atoms. The Labute approximate surface area is 118 Å². The molecule has 104 valence electrons. The van der Waals surface area contributed by atoms with E-state index in [9.17, 15) is 4.79 Å². The standard InChI is InChI=1S/C16H18N2O2/c1-12(19)17-11-15(16-7-4-10-20-16)18-9-8-13-5-2-3-6-14(13)18/h2-7,10,15H,8-9,11H2,1H3,(H,17,19). The number of amides is 1. The smallest absolute Gasteiger partial charge is 0.216 e. The van der Waals surface area contributed by atoms with Gasteiger partial charge in [0.2, 0.25) is 5.91 Å². The molecule has 1 amide bonds. The summed E-state index contributed by atoms with van der Waals surface area (Å²) in [5.41, 5.74) is 2.59. The van der Waals surface area contributed by atoms with Crippen LogP contribution in [0, 0.1) is 0 Å². The summed E-state index contributed by atoms with van der Waals surface area (Å²) in [6, 6.07) is 12.3. The third-order valence-electron chi connectivity index (χ3n) is 3.72. The van der Waals surface area contributed by atoms with Crippen molar-refractivity contribution in [2.45, 2.75) is 19.4 Å². The zero-order valence-electron chi connectivity index (χ0n) is 11.5. The van der Waals surface area contributed by atoms with Gasteiger partial charge < -0.3 is 14.6 Å². The van der Waals surface area contributed by atoms with Gasteiger partial charge in [0.1, 0.15) is 11.8 Å². The molecule has 1 aliphatic heterocycles. The molecule has 0 fully saturated rings. The van der Waals surface area contributed by atoms with Gasteiger partial charge in [-0.1, -0.05) is 18.2 Å². The van der Waals surface area contributed by atoms with Gasteiger partial charge in [0.05, 0.1) is 6.26 Å². The average molecular weight is 270 g/mol. The number of benzene rings is 1. The molecule has 2 heterocycles. The van der Waals surface area contributed by atoms with E-state index in [1.54, 1.807) is 6.26 Å². The number of nitrogens with zero attached hydrogens (tertiary/aromatic N) is 1. The number of furan rings is 1. The largest absolute Gasteiger partial charge is 0.467 e. The quantitative estimate of drug-likeness (QED) is 0.928. The summed E-state index contributed by atoms with van der Waals surface area (Å²) in [5.74, 6) is 0.865. The van der Waals surface area contributed by atoms with E-state index in [4.69, 9.17) is 4.42 Å². The highest BCUT2D eigenvalue weighted by molar-refractivity contribution is 5.73. The number of carbonyl (C=O) groups excluding carboxylic acids is 1. The zero-order chi connectivity index (χ0) is 13.9. The second-order valence-electron chi connectivity index (χ2n) is 5.04. The molecule has 1 unspecified atom stereocenters. The molecule has 3 rings (SSSR count). The first-order chi connectivity index (χ1) is 9.75. The predicted octanol–water partition coefficient (Wildman–Crippen LogP) is 2.52. The van der Waals surface area contributed by atoms with Crippen LogP contribution in [0.1, 0.15) is 24.3 Å². The third-order valence-corrected chi connectivity index (χ3v) is 3.72. The summed E-state index contributed by atoms with van der Waals surface area (Å²) in [6.45, 7) is 3.04. The van der Waals surface area contributed by atoms with Gasteiger partial charge >= 0.3 is 0 Å². The lowest BCUT2D eigenvalue weighted by atomic mass is 10.1. The van der Waals surface area contributed by atoms with Crippen molar-refractivity contribution in [1.29, 1.82) is 0 Å². The number of rotatable bonds is 4. The van der Waals surface area contributed by atoms with Crippen molar-refractivity contribution < 1.29 is 9.21 Å². The minimum Gasteiger partial charge on any atom is -0.467 e. The Morgan fingerprint density at radius 1 is 1.35 bits per heavy atom. The van der Waals surface area contributed by atoms with E-state index in [1.807, 2.05) is 12.1 Å². The number of hydrogen-bond acceptors (Lipinski definition) is 3. The normalized spacial score (nSPS) is 14.9. The maximum absolute atomic E-state index is 11.2. The van der Waals surface area contributed by atoms with Crippen molar-refractivity contribution in [3.63, 3.8) is 0 Å². The molecular weight excluding hydrogens is 252 g/mol. The van der Waals surface area contributed by atoms with Gasteiger partial charge in [-0.2, -0.15) is 0 Å². The van der Waals surface area contributed by atoms with Gasteiger partial charge in [-0.25, -0.2) is 0 Å². The molecule has 1 aliphatic rings. The first kappa shape index (κ1) is 12.8. The Kier molecular flexibility index (Phi) is 3.46. The lowest BCUT2D eigenvalue weighted by molar-refractivity contribution is -0.119. The van der Waals surface area contributed by atoms with E-state index < -0.39 is 0 Å². The van der Waals surface area contributed by atoms with Crippen LogP contribution in [0.3, 0.4) is 0 Å². The highest BCUT2D eigenvalue weighted by Crippen LogP contribution is 2.34. The van der Waals surface area contributed by atoms with Crippen LogP contribution in [0.4, 0.5) is 5.69 Å². The Bertz CT molecular complexity index is 592. The van der Waals surface area contributed by atoms with Crippen molar-refractivity contribution in [2.75, 3.05) is 18.0 Å². The fourth-order valence-corrected chi connectivity index (χ4v) is 2.77. The van der Waals surface area contributed by atoms with Crippen molar-refractivity contribution in [3.8, 4) is 0 Å². The molecule has 0 radical (unpaired) electrons. The molecule has 2 aromatic rings. The van der Waals surface area contributed by atoms with Crippen LogP contribution in [-0.4, -0.2) is 19.0 Å². The lowest BCUT2D eigenvalue weighted by Gasteiger charge is -2.29. The van der Waals surface area contributed by atoms with Gasteiger partial charge in [-0.3, -0.25) is 4.79 Å².